The van der Waals surface area contributed by atoms with Gasteiger partial charge >= 0.3 is 0 Å². The monoisotopic (exact) mass is 173 g/mol. The number of nitrogens with zero attached hydrogens (tertiary/aromatic N) is 1. The van der Waals surface area contributed by atoms with Crippen LogP contribution in [0.25, 0.3) is 0 Å². The molecule has 13 heavy (non-hydrogen) atoms. The number of aryl methyl sites for hydroxylation is 1. The Kier molecular flexibility index (Phi) is 2.86. The molecule has 0 aliphatic heterocycles. The molecule has 1 rings (SSSR count). The molecule has 3 nitrogen and oxygen atoms in total. The Balaban J connectivity index is 3.24. The molecule has 1 aromatic heterocycles. The van der Waals surface area contributed by atoms with Crippen LogP contribution in [0.2, 0.25) is 0 Å². The van der Waals surface area contributed by atoms with Gasteiger partial charge < -0.3 is 10.2 Å². The molecule has 0 saturated carbocycles. The molecule has 0 atom stereocenters. The van der Waals surface area contributed by atoms with E-state index in [9.17, 15) is 10.2 Å². The molecule has 2 N–H and O–H groups in total. The van der Waals surface area contributed by atoms with Crippen molar-refractivity contribution in [2.45, 2.75) is 19.8 Å². The van der Waals surface area contributed by atoms with Crippen molar-refractivity contribution >= 4 is 26.7 Å². The summed E-state index contributed by atoms with van der Waals surface area (Å²) >= 11 is 0. The van der Waals surface area contributed by atoms with Gasteiger partial charge in [-0.3, -0.25) is 4.98 Å². The van der Waals surface area contributed by atoms with Crippen LogP contribution in [0.1, 0.15) is 19.0 Å². The second-order valence-electron chi connectivity index (χ2n) is 2.80. The van der Waals surface area contributed by atoms with Gasteiger partial charge in [-0.05, 0) is 11.9 Å². The van der Waals surface area contributed by atoms with Crippen LogP contribution in [-0.4, -0.2) is 30.9 Å². The van der Waals surface area contributed by atoms with Crippen molar-refractivity contribution in [1.29, 1.82) is 0 Å². The minimum absolute atomic E-state index is 0.0428. The zero-order chi connectivity index (χ0) is 10.0. The lowest BCUT2D eigenvalue weighted by Crippen LogP contribution is -2.21. The fraction of sp³-hybridized carbons (Fsp3) is 0.375. The lowest BCUT2D eigenvalue weighted by atomic mass is 9.87. The van der Waals surface area contributed by atoms with Gasteiger partial charge in [0.05, 0.1) is 5.69 Å². The van der Waals surface area contributed by atoms with Crippen molar-refractivity contribution in [2.75, 3.05) is 0 Å². The first-order chi connectivity index (χ1) is 6.07. The van der Waals surface area contributed by atoms with Gasteiger partial charge in [-0.2, -0.15) is 0 Å². The molecule has 1 heterocycles. The summed E-state index contributed by atoms with van der Waals surface area (Å²) in [5.41, 5.74) is 0.282. The fourth-order valence-corrected chi connectivity index (χ4v) is 1.07. The molecule has 0 amide bonds. The Bertz CT molecular complexity index is 328. The first kappa shape index (κ1) is 9.96. The number of pyridine rings is 1. The normalized spacial score (nSPS) is 10.2. The highest BCUT2D eigenvalue weighted by atomic mass is 16.3. The van der Waals surface area contributed by atoms with E-state index in [1.54, 1.807) is 0 Å². The van der Waals surface area contributed by atoms with Crippen molar-refractivity contribution in [3.63, 3.8) is 0 Å². The highest BCUT2D eigenvalue weighted by Gasteiger charge is 2.11. The average molecular weight is 173 g/mol. The standard InChI is InChI=1S/C8H9B2NO2/c1-2-3-4-6(12)5(9)7(13)8(10)11-4/h12-13H,2-3H2,1H3. The number of hydrogen-bond donors (Lipinski definition) is 2. The van der Waals surface area contributed by atoms with Crippen LogP contribution in [0.4, 0.5) is 0 Å². The fourth-order valence-electron chi connectivity index (χ4n) is 1.07. The molecule has 0 aromatic carbocycles. The van der Waals surface area contributed by atoms with Crippen LogP contribution in [0.5, 0.6) is 11.5 Å². The maximum Gasteiger partial charge on any atom is 0.147 e. The van der Waals surface area contributed by atoms with Crippen molar-refractivity contribution in [3.8, 4) is 11.5 Å². The second-order valence-corrected chi connectivity index (χ2v) is 2.80. The first-order valence-electron chi connectivity index (χ1n) is 4.03. The van der Waals surface area contributed by atoms with E-state index in [4.69, 9.17) is 15.7 Å². The molecule has 4 radical (unpaired) electrons. The van der Waals surface area contributed by atoms with Gasteiger partial charge in [0, 0.05) is 5.59 Å². The summed E-state index contributed by atoms with van der Waals surface area (Å²) < 4.78 is 0. The van der Waals surface area contributed by atoms with Crippen molar-refractivity contribution in [2.24, 2.45) is 0 Å². The number of aromatic hydroxyl groups is 2. The van der Waals surface area contributed by atoms with Crippen molar-refractivity contribution in [3.05, 3.63) is 5.69 Å². The molecule has 0 unspecified atom stereocenters. The van der Waals surface area contributed by atoms with Gasteiger partial charge in [-0.1, -0.05) is 13.3 Å². The predicted octanol–water partition coefficient (Wildman–Crippen LogP) is -0.967. The van der Waals surface area contributed by atoms with E-state index in [1.165, 1.54) is 0 Å². The van der Waals surface area contributed by atoms with Crippen LogP contribution in [0.3, 0.4) is 0 Å². The summed E-state index contributed by atoms with van der Waals surface area (Å²) in [4.78, 5) is 3.82. The molecule has 1 aromatic rings. The van der Waals surface area contributed by atoms with E-state index in [0.29, 0.717) is 12.1 Å². The quantitative estimate of drug-likeness (QED) is 0.565. The molecular formula is C8H9B2NO2. The van der Waals surface area contributed by atoms with Gasteiger partial charge in [0.1, 0.15) is 27.2 Å². The highest BCUT2D eigenvalue weighted by molar-refractivity contribution is 6.41. The molecule has 0 spiro atoms. The predicted molar refractivity (Wildman–Crippen MR) is 52.3 cm³/mol. The van der Waals surface area contributed by atoms with Crippen molar-refractivity contribution < 1.29 is 10.2 Å². The molecular weight excluding hydrogens is 164 g/mol. The Morgan fingerprint density at radius 2 is 1.85 bits per heavy atom. The maximum absolute atomic E-state index is 9.43. The van der Waals surface area contributed by atoms with Crippen LogP contribution in [0.15, 0.2) is 0 Å². The van der Waals surface area contributed by atoms with Crippen LogP contribution >= 0.6 is 0 Å². The summed E-state index contributed by atoms with van der Waals surface area (Å²) in [5, 5.41) is 18.6. The van der Waals surface area contributed by atoms with E-state index >= 15 is 0 Å². The van der Waals surface area contributed by atoms with E-state index in [0.717, 1.165) is 6.42 Å². The summed E-state index contributed by atoms with van der Waals surface area (Å²) in [5.74, 6) is -0.522. The third kappa shape index (κ3) is 1.79. The Hall–Kier alpha value is -1.12. The van der Waals surface area contributed by atoms with E-state index in [1.807, 2.05) is 6.92 Å². The lowest BCUT2D eigenvalue weighted by Gasteiger charge is -2.10. The molecule has 64 valence electrons. The molecule has 0 aliphatic rings. The first-order valence-corrected chi connectivity index (χ1v) is 4.03. The lowest BCUT2D eigenvalue weighted by molar-refractivity contribution is 0.450. The van der Waals surface area contributed by atoms with Crippen LogP contribution < -0.4 is 11.1 Å². The van der Waals surface area contributed by atoms with E-state index in [-0.39, 0.29) is 22.6 Å². The molecule has 5 heteroatoms. The van der Waals surface area contributed by atoms with Gasteiger partial charge in [0.25, 0.3) is 0 Å². The minimum Gasteiger partial charge on any atom is -0.507 e. The van der Waals surface area contributed by atoms with Crippen LogP contribution in [0, 0.1) is 0 Å². The summed E-state index contributed by atoms with van der Waals surface area (Å²) in [6.07, 6.45) is 1.41. The maximum atomic E-state index is 9.43. The Morgan fingerprint density at radius 3 is 2.38 bits per heavy atom. The largest absolute Gasteiger partial charge is 0.507 e. The topological polar surface area (TPSA) is 53.4 Å². The average Bonchev–Trinajstić information content (AvgIpc) is 2.11. The van der Waals surface area contributed by atoms with Gasteiger partial charge in [0.2, 0.25) is 0 Å². The van der Waals surface area contributed by atoms with Gasteiger partial charge in [-0.15, -0.1) is 0 Å². The summed E-state index contributed by atoms with van der Waals surface area (Å²) in [6, 6.07) is 0. The number of hydrogen-bond acceptors (Lipinski definition) is 3. The van der Waals surface area contributed by atoms with Crippen LogP contribution in [-0.2, 0) is 6.42 Å². The second kappa shape index (κ2) is 3.73. The Morgan fingerprint density at radius 1 is 1.23 bits per heavy atom. The number of aromatic nitrogens is 1. The van der Waals surface area contributed by atoms with Crippen molar-refractivity contribution in [1.82, 2.24) is 4.98 Å². The minimum atomic E-state index is -0.350. The third-order valence-corrected chi connectivity index (χ3v) is 1.77. The SMILES string of the molecule is [B]c1nc(CCC)c(O)c([B])c1O. The summed E-state index contributed by atoms with van der Waals surface area (Å²) in [6.45, 7) is 1.94. The molecule has 0 bridgehead atoms. The molecule has 0 aliphatic carbocycles. The smallest absolute Gasteiger partial charge is 0.147 e. The third-order valence-electron chi connectivity index (χ3n) is 1.77. The molecule has 0 saturated heterocycles. The zero-order valence-electron chi connectivity index (χ0n) is 7.41. The van der Waals surface area contributed by atoms with Gasteiger partial charge in [-0.25, -0.2) is 0 Å². The highest BCUT2D eigenvalue weighted by Crippen LogP contribution is 2.15. The van der Waals surface area contributed by atoms with E-state index < -0.39 is 0 Å². The summed E-state index contributed by atoms with van der Waals surface area (Å²) in [7, 11) is 10.8. The van der Waals surface area contributed by atoms with Gasteiger partial charge in [0.15, 0.2) is 0 Å². The Labute approximate surface area is 79.6 Å². The molecule has 0 fully saturated rings. The number of rotatable bonds is 2. The zero-order valence-corrected chi connectivity index (χ0v) is 7.41. The van der Waals surface area contributed by atoms with E-state index in [2.05, 4.69) is 4.98 Å².